The molecule has 0 bridgehead atoms. The first-order valence-corrected chi connectivity index (χ1v) is 9.46. The van der Waals surface area contributed by atoms with Gasteiger partial charge in [0, 0.05) is 29.9 Å². The molecule has 4 rings (SSSR count). The number of nitrogens with two attached hydrogens (primary N) is 1. The van der Waals surface area contributed by atoms with E-state index in [9.17, 15) is 4.39 Å². The third kappa shape index (κ3) is 3.45. The van der Waals surface area contributed by atoms with Gasteiger partial charge in [0.25, 0.3) is 0 Å². The Morgan fingerprint density at radius 3 is 2.89 bits per heavy atom. The van der Waals surface area contributed by atoms with Crippen LogP contribution in [0.5, 0.6) is 5.88 Å². The number of hydrogen-bond acceptors (Lipinski definition) is 6. The van der Waals surface area contributed by atoms with Crippen molar-refractivity contribution in [3.8, 4) is 17.1 Å². The van der Waals surface area contributed by atoms with Gasteiger partial charge in [0.1, 0.15) is 5.82 Å². The number of benzene rings is 1. The normalized spacial score (nSPS) is 21.6. The van der Waals surface area contributed by atoms with Crippen LogP contribution >= 0.6 is 0 Å². The summed E-state index contributed by atoms with van der Waals surface area (Å²) in [5.74, 6) is 0.667. The Morgan fingerprint density at radius 2 is 2.11 bits per heavy atom. The molecule has 1 fully saturated rings. The van der Waals surface area contributed by atoms with Crippen molar-refractivity contribution in [2.75, 3.05) is 13.7 Å². The quantitative estimate of drug-likeness (QED) is 0.758. The molecule has 4 N–H and O–H groups in total. The number of halogens is 1. The molecular weight excluding hydrogens is 357 g/mol. The lowest BCUT2D eigenvalue weighted by Crippen LogP contribution is -2.51. The highest BCUT2D eigenvalue weighted by molar-refractivity contribution is 5.81. The molecule has 0 amide bonds. The van der Waals surface area contributed by atoms with Crippen LogP contribution in [0.25, 0.3) is 11.3 Å². The van der Waals surface area contributed by atoms with Crippen LogP contribution in [0.4, 0.5) is 4.39 Å². The molecule has 1 aromatic heterocycles. The minimum absolute atomic E-state index is 0.0360. The van der Waals surface area contributed by atoms with Gasteiger partial charge in [0.05, 0.1) is 18.8 Å². The van der Waals surface area contributed by atoms with Crippen LogP contribution in [0.15, 0.2) is 52.7 Å². The first-order valence-electron chi connectivity index (χ1n) is 9.46. The number of fused-ring (bicyclic) bond motifs is 1. The summed E-state index contributed by atoms with van der Waals surface area (Å²) in [5.41, 5.74) is 10.7. The molecule has 0 spiro atoms. The second-order valence-corrected chi connectivity index (χ2v) is 6.99. The lowest BCUT2D eigenvalue weighted by atomic mass is 9.86. The van der Waals surface area contributed by atoms with Gasteiger partial charge in [-0.1, -0.05) is 19.1 Å². The number of nitrogens with zero attached hydrogens (tertiary/aromatic N) is 2. The number of nitrogens with one attached hydrogen (secondary N) is 2. The van der Waals surface area contributed by atoms with Gasteiger partial charge in [-0.25, -0.2) is 14.4 Å². The second kappa shape index (κ2) is 7.59. The highest BCUT2D eigenvalue weighted by Crippen LogP contribution is 2.35. The third-order valence-electron chi connectivity index (χ3n) is 5.31. The number of aromatic nitrogens is 1. The average Bonchev–Trinajstić information content (AvgIpc) is 2.72. The largest absolute Gasteiger partial charge is 0.481 e. The van der Waals surface area contributed by atoms with Gasteiger partial charge < -0.3 is 21.1 Å². The molecule has 1 aromatic carbocycles. The van der Waals surface area contributed by atoms with Crippen LogP contribution in [-0.4, -0.2) is 30.6 Å². The zero-order valence-electron chi connectivity index (χ0n) is 16.0. The first kappa shape index (κ1) is 18.4. The van der Waals surface area contributed by atoms with E-state index in [1.807, 2.05) is 18.2 Å². The summed E-state index contributed by atoms with van der Waals surface area (Å²) in [6, 6.07) is 10.5. The van der Waals surface area contributed by atoms with Crippen molar-refractivity contribution in [3.05, 3.63) is 59.0 Å². The number of guanidine groups is 1. The zero-order chi connectivity index (χ0) is 19.7. The Labute approximate surface area is 163 Å². The second-order valence-electron chi connectivity index (χ2n) is 6.99. The molecule has 28 heavy (non-hydrogen) atoms. The number of ether oxygens (including phenoxy) is 1. The summed E-state index contributed by atoms with van der Waals surface area (Å²) in [7, 11) is 1.57. The molecule has 146 valence electrons. The first-order chi connectivity index (χ1) is 13.6. The minimum atomic E-state index is -0.291. The fourth-order valence-electron chi connectivity index (χ4n) is 3.97. The molecule has 2 atom stereocenters. The maximum atomic E-state index is 14.1. The number of rotatable bonds is 4. The Kier molecular flexibility index (Phi) is 5.00. The molecule has 1 saturated heterocycles. The van der Waals surface area contributed by atoms with Crippen molar-refractivity contribution < 1.29 is 9.13 Å². The molecule has 2 aliphatic rings. The van der Waals surface area contributed by atoms with E-state index in [4.69, 9.17) is 10.5 Å². The highest BCUT2D eigenvalue weighted by atomic mass is 19.1. The number of aliphatic imine (C=N–C) groups is 1. The number of allylic oxidation sites excluding steroid dienone is 1. The Morgan fingerprint density at radius 1 is 1.25 bits per heavy atom. The summed E-state index contributed by atoms with van der Waals surface area (Å²) >= 11 is 0. The van der Waals surface area contributed by atoms with Gasteiger partial charge in [0.15, 0.2) is 5.96 Å². The Hall–Kier alpha value is -2.93. The zero-order valence-corrected chi connectivity index (χ0v) is 16.0. The molecule has 0 saturated carbocycles. The maximum absolute atomic E-state index is 14.1. The molecule has 2 aromatic rings. The van der Waals surface area contributed by atoms with Gasteiger partial charge in [-0.3, -0.25) is 0 Å². The van der Waals surface area contributed by atoms with E-state index in [2.05, 4.69) is 27.5 Å². The number of piperidine rings is 1. The predicted molar refractivity (Wildman–Crippen MR) is 107 cm³/mol. The summed E-state index contributed by atoms with van der Waals surface area (Å²) in [4.78, 5) is 8.92. The molecule has 2 aliphatic heterocycles. The summed E-state index contributed by atoms with van der Waals surface area (Å²) in [5, 5.41) is 6.87. The molecular formula is C21H24FN5O. The van der Waals surface area contributed by atoms with E-state index in [0.29, 0.717) is 24.1 Å². The van der Waals surface area contributed by atoms with Crippen LogP contribution < -0.4 is 21.1 Å². The van der Waals surface area contributed by atoms with Gasteiger partial charge in [0.2, 0.25) is 5.88 Å². The molecule has 0 radical (unpaired) electrons. The van der Waals surface area contributed by atoms with Crippen molar-refractivity contribution in [3.63, 3.8) is 0 Å². The van der Waals surface area contributed by atoms with Gasteiger partial charge >= 0.3 is 0 Å². The summed E-state index contributed by atoms with van der Waals surface area (Å²) in [6.45, 7) is 2.80. The van der Waals surface area contributed by atoms with Gasteiger partial charge in [-0.05, 0) is 42.2 Å². The van der Waals surface area contributed by atoms with Gasteiger partial charge in [-0.15, -0.1) is 0 Å². The predicted octanol–water partition coefficient (Wildman–Crippen LogP) is 2.88. The summed E-state index contributed by atoms with van der Waals surface area (Å²) in [6.07, 6.45) is 1.63. The lowest BCUT2D eigenvalue weighted by molar-refractivity contribution is 0.398. The van der Waals surface area contributed by atoms with Crippen LogP contribution in [0.3, 0.4) is 0 Å². The third-order valence-corrected chi connectivity index (χ3v) is 5.31. The molecule has 7 heteroatoms. The fourth-order valence-corrected chi connectivity index (χ4v) is 3.97. The molecule has 1 unspecified atom stereocenters. The maximum Gasteiger partial charge on any atom is 0.213 e. The number of methoxy groups -OCH3 is 1. The number of hydrogen-bond donors (Lipinski definition) is 3. The monoisotopic (exact) mass is 381 g/mol. The van der Waals surface area contributed by atoms with Crippen LogP contribution in [0.1, 0.15) is 31.4 Å². The van der Waals surface area contributed by atoms with E-state index in [1.165, 1.54) is 17.7 Å². The molecule has 6 nitrogen and oxygen atoms in total. The van der Waals surface area contributed by atoms with E-state index in [-0.39, 0.29) is 17.9 Å². The van der Waals surface area contributed by atoms with Crippen LogP contribution in [-0.2, 0) is 0 Å². The minimum Gasteiger partial charge on any atom is -0.481 e. The SMILES string of the molecule is CCC1=C2CNC(c3ccc(F)cc3-c3cccc(OC)n3)C[C@H]2NC(N)=N1. The molecule has 0 aliphatic carbocycles. The van der Waals surface area contributed by atoms with Crippen molar-refractivity contribution in [2.45, 2.75) is 31.8 Å². The van der Waals surface area contributed by atoms with Crippen molar-refractivity contribution in [1.29, 1.82) is 0 Å². The summed E-state index contributed by atoms with van der Waals surface area (Å²) < 4.78 is 19.3. The fraction of sp³-hybridized carbons (Fsp3) is 0.333. The standard InChI is InChI=1S/C21H24FN5O/c1-3-16-15-11-24-18(10-19(15)27-21(23)26-16)13-8-7-12(22)9-14(13)17-5-4-6-20(25-17)28-2/h4-9,18-19,24H,3,10-11H2,1-2H3,(H3,23,26,27)/t18?,19-/m1/s1. The van der Waals surface area contributed by atoms with E-state index >= 15 is 0 Å². The Balaban J connectivity index is 1.69. The smallest absolute Gasteiger partial charge is 0.213 e. The average molecular weight is 381 g/mol. The van der Waals surface area contributed by atoms with Crippen molar-refractivity contribution >= 4 is 5.96 Å². The topological polar surface area (TPSA) is 84.6 Å². The van der Waals surface area contributed by atoms with Crippen LogP contribution in [0.2, 0.25) is 0 Å². The van der Waals surface area contributed by atoms with E-state index < -0.39 is 0 Å². The van der Waals surface area contributed by atoms with E-state index in [0.717, 1.165) is 29.7 Å². The lowest BCUT2D eigenvalue weighted by Gasteiger charge is -2.37. The van der Waals surface area contributed by atoms with Crippen molar-refractivity contribution in [1.82, 2.24) is 15.6 Å². The number of pyridine rings is 1. The van der Waals surface area contributed by atoms with Crippen molar-refractivity contribution in [2.24, 2.45) is 10.7 Å². The van der Waals surface area contributed by atoms with E-state index in [1.54, 1.807) is 13.2 Å². The Bertz CT molecular complexity index is 956. The highest BCUT2D eigenvalue weighted by Gasteiger charge is 2.32. The van der Waals surface area contributed by atoms with Crippen LogP contribution in [0, 0.1) is 5.82 Å². The molecule has 3 heterocycles. The van der Waals surface area contributed by atoms with Gasteiger partial charge in [-0.2, -0.15) is 0 Å².